The van der Waals surface area contributed by atoms with Crippen molar-refractivity contribution in [2.45, 2.75) is 25.3 Å². The minimum absolute atomic E-state index is 0. The zero-order valence-electron chi connectivity index (χ0n) is 15.2. The van der Waals surface area contributed by atoms with Gasteiger partial charge in [-0.1, -0.05) is 29.8 Å². The van der Waals surface area contributed by atoms with E-state index in [1.165, 1.54) is 0 Å². The second-order valence-corrected chi connectivity index (χ2v) is 8.82. The van der Waals surface area contributed by atoms with Gasteiger partial charge in [0, 0.05) is 37.6 Å². The number of aliphatic imine (C=N–C) groups is 1. The number of guanidine groups is 1. The highest BCUT2D eigenvalue weighted by molar-refractivity contribution is 14.0. The highest BCUT2D eigenvalue weighted by atomic mass is 127. The Bertz CT molecular complexity index is 758. The van der Waals surface area contributed by atoms with Crippen molar-refractivity contribution < 1.29 is 13.2 Å². The van der Waals surface area contributed by atoms with Gasteiger partial charge in [0.15, 0.2) is 15.8 Å². The highest BCUT2D eigenvalue weighted by Gasteiger charge is 2.28. The van der Waals surface area contributed by atoms with E-state index in [2.05, 4.69) is 20.9 Å². The summed E-state index contributed by atoms with van der Waals surface area (Å²) in [5, 5.41) is 9.74. The van der Waals surface area contributed by atoms with Crippen LogP contribution in [0.2, 0.25) is 5.02 Å². The van der Waals surface area contributed by atoms with Crippen molar-refractivity contribution in [3.8, 4) is 0 Å². The Kier molecular flexibility index (Phi) is 10.4. The molecular formula is C17H26ClIN4O3S. The van der Waals surface area contributed by atoms with Gasteiger partial charge in [0.2, 0.25) is 5.91 Å². The Balaban J connectivity index is 0.00000364. The Morgan fingerprint density at radius 2 is 1.96 bits per heavy atom. The lowest BCUT2D eigenvalue weighted by Gasteiger charge is -2.13. The summed E-state index contributed by atoms with van der Waals surface area (Å²) in [7, 11) is -1.32. The van der Waals surface area contributed by atoms with E-state index >= 15 is 0 Å². The second-order valence-electron chi connectivity index (χ2n) is 6.18. The van der Waals surface area contributed by atoms with E-state index in [0.717, 1.165) is 17.0 Å². The molecule has 0 saturated carbocycles. The average molecular weight is 529 g/mol. The van der Waals surface area contributed by atoms with E-state index in [9.17, 15) is 13.2 Å². The van der Waals surface area contributed by atoms with Gasteiger partial charge in [-0.25, -0.2) is 8.42 Å². The van der Waals surface area contributed by atoms with Gasteiger partial charge < -0.3 is 16.0 Å². The fraction of sp³-hybridized carbons (Fsp3) is 0.529. The molecule has 1 aromatic rings. The third kappa shape index (κ3) is 8.65. The largest absolute Gasteiger partial charge is 0.356 e. The molecule has 0 aliphatic carbocycles. The van der Waals surface area contributed by atoms with Crippen LogP contribution in [0.4, 0.5) is 0 Å². The molecule has 27 heavy (non-hydrogen) atoms. The first-order valence-electron chi connectivity index (χ1n) is 8.57. The number of nitrogens with zero attached hydrogens (tertiary/aromatic N) is 1. The fourth-order valence-electron chi connectivity index (χ4n) is 2.74. The van der Waals surface area contributed by atoms with Gasteiger partial charge in [-0.3, -0.25) is 9.79 Å². The summed E-state index contributed by atoms with van der Waals surface area (Å²) in [6.07, 6.45) is 1.51. The predicted octanol–water partition coefficient (Wildman–Crippen LogP) is 1.36. The molecule has 1 amide bonds. The number of hydrogen-bond donors (Lipinski definition) is 3. The molecule has 0 spiro atoms. The minimum Gasteiger partial charge on any atom is -0.356 e. The van der Waals surface area contributed by atoms with Gasteiger partial charge in [-0.15, -0.1) is 24.0 Å². The molecule has 0 bridgehead atoms. The summed E-state index contributed by atoms with van der Waals surface area (Å²) in [5.74, 6) is 0.634. The van der Waals surface area contributed by atoms with Crippen molar-refractivity contribution in [1.29, 1.82) is 0 Å². The van der Waals surface area contributed by atoms with Crippen molar-refractivity contribution in [2.24, 2.45) is 4.99 Å². The normalized spacial score (nSPS) is 18.4. The van der Waals surface area contributed by atoms with Gasteiger partial charge in [0.1, 0.15) is 0 Å². The Morgan fingerprint density at radius 1 is 1.26 bits per heavy atom. The fourth-order valence-corrected chi connectivity index (χ4v) is 4.64. The molecule has 7 nitrogen and oxygen atoms in total. The molecule has 1 heterocycles. The second kappa shape index (κ2) is 11.7. The number of amides is 1. The third-order valence-electron chi connectivity index (χ3n) is 4.11. The summed E-state index contributed by atoms with van der Waals surface area (Å²) in [6, 6.07) is 7.42. The lowest BCUT2D eigenvalue weighted by molar-refractivity contribution is -0.121. The van der Waals surface area contributed by atoms with Gasteiger partial charge >= 0.3 is 0 Å². The molecule has 3 N–H and O–H groups in total. The van der Waals surface area contributed by atoms with Crippen molar-refractivity contribution in [1.82, 2.24) is 16.0 Å². The average Bonchev–Trinajstić information content (AvgIpc) is 2.93. The third-order valence-corrected chi connectivity index (χ3v) is 6.25. The van der Waals surface area contributed by atoms with Crippen molar-refractivity contribution in [3.05, 3.63) is 34.9 Å². The van der Waals surface area contributed by atoms with Gasteiger partial charge in [-0.05, 0) is 24.5 Å². The molecule has 1 unspecified atom stereocenters. The molecule has 152 valence electrons. The number of rotatable bonds is 7. The van der Waals surface area contributed by atoms with E-state index in [1.54, 1.807) is 7.05 Å². The number of sulfone groups is 1. The van der Waals surface area contributed by atoms with Gasteiger partial charge in [0.05, 0.1) is 11.5 Å². The molecule has 1 aliphatic rings. The van der Waals surface area contributed by atoms with Crippen molar-refractivity contribution in [3.63, 3.8) is 0 Å². The van der Waals surface area contributed by atoms with Crippen LogP contribution in [0, 0.1) is 0 Å². The van der Waals surface area contributed by atoms with Crippen LogP contribution in [0.25, 0.3) is 0 Å². The van der Waals surface area contributed by atoms with E-state index < -0.39 is 9.84 Å². The molecule has 1 aliphatic heterocycles. The molecule has 0 aromatic heterocycles. The number of nitrogens with one attached hydrogen (secondary N) is 3. The SMILES string of the molecule is CN=C(NCCC(=O)NC1CCS(=O)(=O)C1)NCCc1ccccc1Cl.I. The molecule has 1 atom stereocenters. The molecule has 1 fully saturated rings. The molecule has 1 aromatic carbocycles. The van der Waals surface area contributed by atoms with Crippen LogP contribution in [-0.2, 0) is 21.1 Å². The van der Waals surface area contributed by atoms with Crippen LogP contribution in [-0.4, -0.2) is 58.0 Å². The van der Waals surface area contributed by atoms with E-state index in [1.807, 2.05) is 24.3 Å². The van der Waals surface area contributed by atoms with E-state index in [-0.39, 0.29) is 53.9 Å². The monoisotopic (exact) mass is 528 g/mol. The van der Waals surface area contributed by atoms with Crippen molar-refractivity contribution >= 4 is 57.3 Å². The Labute approximate surface area is 182 Å². The first kappa shape index (κ1) is 24.0. The van der Waals surface area contributed by atoms with E-state index in [4.69, 9.17) is 11.6 Å². The highest BCUT2D eigenvalue weighted by Crippen LogP contribution is 2.14. The van der Waals surface area contributed by atoms with Gasteiger partial charge in [-0.2, -0.15) is 0 Å². The zero-order chi connectivity index (χ0) is 19.0. The smallest absolute Gasteiger partial charge is 0.222 e. The standard InChI is InChI=1S/C17H25ClN4O3S.HI/c1-19-17(20-9-6-13-4-2-3-5-15(13)18)21-10-7-16(23)22-14-8-11-26(24,25)12-14;/h2-5,14H,6-12H2,1H3,(H,22,23)(H2,19,20,21);1H. The number of hydrogen-bond acceptors (Lipinski definition) is 4. The van der Waals surface area contributed by atoms with Crippen LogP contribution >= 0.6 is 35.6 Å². The van der Waals surface area contributed by atoms with Gasteiger partial charge in [0.25, 0.3) is 0 Å². The van der Waals surface area contributed by atoms with Crippen LogP contribution in [0.15, 0.2) is 29.3 Å². The number of halogens is 2. The number of benzene rings is 1. The van der Waals surface area contributed by atoms with Crippen LogP contribution in [0.1, 0.15) is 18.4 Å². The first-order valence-corrected chi connectivity index (χ1v) is 10.8. The maximum Gasteiger partial charge on any atom is 0.222 e. The quantitative estimate of drug-likeness (QED) is 0.282. The molecule has 1 saturated heterocycles. The maximum absolute atomic E-state index is 11.9. The Morgan fingerprint density at radius 3 is 2.59 bits per heavy atom. The van der Waals surface area contributed by atoms with Crippen molar-refractivity contribution in [2.75, 3.05) is 31.6 Å². The number of carbonyl (C=O) groups excluding carboxylic acids is 1. The topological polar surface area (TPSA) is 99.7 Å². The lowest BCUT2D eigenvalue weighted by Crippen LogP contribution is -2.41. The number of carbonyl (C=O) groups is 1. The molecule has 0 radical (unpaired) electrons. The summed E-state index contributed by atoms with van der Waals surface area (Å²) >= 11 is 6.12. The molecular weight excluding hydrogens is 503 g/mol. The molecule has 10 heteroatoms. The zero-order valence-corrected chi connectivity index (χ0v) is 19.1. The van der Waals surface area contributed by atoms with Crippen LogP contribution in [0.3, 0.4) is 0 Å². The summed E-state index contributed by atoms with van der Waals surface area (Å²) in [5.41, 5.74) is 1.06. The van der Waals surface area contributed by atoms with Crippen LogP contribution < -0.4 is 16.0 Å². The summed E-state index contributed by atoms with van der Waals surface area (Å²) < 4.78 is 22.8. The molecule has 2 rings (SSSR count). The summed E-state index contributed by atoms with van der Waals surface area (Å²) in [4.78, 5) is 16.0. The van der Waals surface area contributed by atoms with E-state index in [0.29, 0.717) is 25.5 Å². The van der Waals surface area contributed by atoms with Crippen LogP contribution in [0.5, 0.6) is 0 Å². The lowest BCUT2D eigenvalue weighted by atomic mass is 10.1. The summed E-state index contributed by atoms with van der Waals surface area (Å²) in [6.45, 7) is 1.08. The maximum atomic E-state index is 11.9. The predicted molar refractivity (Wildman–Crippen MR) is 120 cm³/mol. The minimum atomic E-state index is -2.98. The first-order chi connectivity index (χ1) is 12.4. The Hall–Kier alpha value is -1.07.